The summed E-state index contributed by atoms with van der Waals surface area (Å²) in [5.41, 5.74) is 2.72. The Morgan fingerprint density at radius 2 is 2.00 bits per heavy atom. The first-order chi connectivity index (χ1) is 13.2. The second-order valence-electron chi connectivity index (χ2n) is 7.33. The van der Waals surface area contributed by atoms with Crippen LogP contribution in [0.5, 0.6) is 0 Å². The standard InChI is InChI=1S/C21H31N3O4/c1-14(2)7-8-24-16(4)9-18(17(24)5)10-19(11-22)21(26)28-13-20(25)23-15(3)12-27-6/h9-10,14-15H,7-8,12-13H2,1-6H3,(H,23,25)/b19-10+/t15-/m1/s1. The summed E-state index contributed by atoms with van der Waals surface area (Å²) >= 11 is 0. The highest BCUT2D eigenvalue weighted by Crippen LogP contribution is 2.20. The lowest BCUT2D eigenvalue weighted by atomic mass is 10.1. The van der Waals surface area contributed by atoms with E-state index >= 15 is 0 Å². The first kappa shape index (κ1) is 23.4. The number of nitriles is 1. The van der Waals surface area contributed by atoms with Crippen molar-refractivity contribution in [2.24, 2.45) is 5.92 Å². The molecule has 0 fully saturated rings. The fourth-order valence-electron chi connectivity index (χ4n) is 2.81. The number of methoxy groups -OCH3 is 1. The largest absolute Gasteiger partial charge is 0.451 e. The number of esters is 1. The van der Waals surface area contributed by atoms with Gasteiger partial charge in [0.2, 0.25) is 0 Å². The highest BCUT2D eigenvalue weighted by molar-refractivity contribution is 5.99. The van der Waals surface area contributed by atoms with Crippen molar-refractivity contribution in [1.82, 2.24) is 9.88 Å². The van der Waals surface area contributed by atoms with E-state index in [1.807, 2.05) is 26.0 Å². The van der Waals surface area contributed by atoms with Crippen molar-refractivity contribution in [1.29, 1.82) is 5.26 Å². The van der Waals surface area contributed by atoms with E-state index in [4.69, 9.17) is 9.47 Å². The maximum absolute atomic E-state index is 12.2. The molecule has 28 heavy (non-hydrogen) atoms. The van der Waals surface area contributed by atoms with Crippen LogP contribution >= 0.6 is 0 Å². The molecule has 154 valence electrons. The molecule has 0 unspecified atom stereocenters. The summed E-state index contributed by atoms with van der Waals surface area (Å²) in [6, 6.07) is 3.61. The van der Waals surface area contributed by atoms with Crippen LogP contribution in [-0.4, -0.2) is 42.8 Å². The van der Waals surface area contributed by atoms with Crippen LogP contribution in [-0.2, 0) is 25.6 Å². The number of carbonyl (C=O) groups is 2. The van der Waals surface area contributed by atoms with Crippen LogP contribution in [0.25, 0.3) is 6.08 Å². The number of rotatable bonds is 10. The van der Waals surface area contributed by atoms with E-state index in [9.17, 15) is 14.9 Å². The Labute approximate surface area is 167 Å². The molecule has 0 aromatic carbocycles. The van der Waals surface area contributed by atoms with Gasteiger partial charge in [0.1, 0.15) is 11.6 Å². The summed E-state index contributed by atoms with van der Waals surface area (Å²) in [6.07, 6.45) is 2.56. The Bertz CT molecular complexity index is 756. The Kier molecular flexibility index (Phi) is 9.46. The molecule has 0 radical (unpaired) electrons. The molecule has 0 aliphatic rings. The van der Waals surface area contributed by atoms with Gasteiger partial charge in [0.25, 0.3) is 5.91 Å². The van der Waals surface area contributed by atoms with E-state index in [1.54, 1.807) is 6.92 Å². The van der Waals surface area contributed by atoms with E-state index < -0.39 is 18.5 Å². The minimum Gasteiger partial charge on any atom is -0.451 e. The molecule has 1 amide bonds. The molecule has 1 aromatic rings. The number of aryl methyl sites for hydroxylation is 1. The van der Waals surface area contributed by atoms with Crippen LogP contribution in [0.2, 0.25) is 0 Å². The highest BCUT2D eigenvalue weighted by atomic mass is 16.5. The fraction of sp³-hybridized carbons (Fsp3) is 0.571. The predicted octanol–water partition coefficient (Wildman–Crippen LogP) is 2.75. The molecule has 0 saturated heterocycles. The number of ether oxygens (including phenoxy) is 2. The number of hydrogen-bond acceptors (Lipinski definition) is 5. The first-order valence-electron chi connectivity index (χ1n) is 9.43. The summed E-state index contributed by atoms with van der Waals surface area (Å²) in [4.78, 5) is 24.0. The van der Waals surface area contributed by atoms with Crippen molar-refractivity contribution >= 4 is 18.0 Å². The maximum atomic E-state index is 12.2. The third kappa shape index (κ3) is 7.20. The molecule has 0 aliphatic heterocycles. The summed E-state index contributed by atoms with van der Waals surface area (Å²) < 4.78 is 12.1. The minimum absolute atomic E-state index is 0.137. The van der Waals surface area contributed by atoms with Gasteiger partial charge in [0.15, 0.2) is 6.61 Å². The van der Waals surface area contributed by atoms with Gasteiger partial charge in [-0.15, -0.1) is 0 Å². The lowest BCUT2D eigenvalue weighted by Gasteiger charge is -2.12. The normalized spacial score (nSPS) is 12.6. The molecule has 7 heteroatoms. The van der Waals surface area contributed by atoms with Crippen molar-refractivity contribution in [2.75, 3.05) is 20.3 Å². The molecule has 1 heterocycles. The number of aromatic nitrogens is 1. The van der Waals surface area contributed by atoms with Gasteiger partial charge < -0.3 is 19.4 Å². The van der Waals surface area contributed by atoms with E-state index in [-0.39, 0.29) is 11.6 Å². The zero-order valence-corrected chi connectivity index (χ0v) is 17.7. The molecular weight excluding hydrogens is 358 g/mol. The van der Waals surface area contributed by atoms with Gasteiger partial charge in [0, 0.05) is 31.1 Å². The zero-order valence-electron chi connectivity index (χ0n) is 17.7. The van der Waals surface area contributed by atoms with Gasteiger partial charge >= 0.3 is 5.97 Å². The van der Waals surface area contributed by atoms with Crippen LogP contribution in [0.15, 0.2) is 11.6 Å². The maximum Gasteiger partial charge on any atom is 0.349 e. The fourth-order valence-corrected chi connectivity index (χ4v) is 2.81. The van der Waals surface area contributed by atoms with E-state index in [0.717, 1.165) is 29.9 Å². The minimum atomic E-state index is -0.816. The lowest BCUT2D eigenvalue weighted by molar-refractivity contribution is -0.144. The quantitative estimate of drug-likeness (QED) is 0.377. The zero-order chi connectivity index (χ0) is 21.3. The van der Waals surface area contributed by atoms with Crippen LogP contribution in [0.3, 0.4) is 0 Å². The predicted molar refractivity (Wildman–Crippen MR) is 107 cm³/mol. The van der Waals surface area contributed by atoms with Gasteiger partial charge in [-0.3, -0.25) is 4.79 Å². The number of hydrogen-bond donors (Lipinski definition) is 1. The monoisotopic (exact) mass is 389 g/mol. The van der Waals surface area contributed by atoms with Crippen molar-refractivity contribution in [3.63, 3.8) is 0 Å². The average molecular weight is 389 g/mol. The van der Waals surface area contributed by atoms with Gasteiger partial charge in [0.05, 0.1) is 6.61 Å². The summed E-state index contributed by atoms with van der Waals surface area (Å²) in [5, 5.41) is 12.0. The second-order valence-corrected chi connectivity index (χ2v) is 7.33. The molecule has 0 saturated carbocycles. The molecule has 7 nitrogen and oxygen atoms in total. The average Bonchev–Trinajstić information content (AvgIpc) is 2.89. The SMILES string of the molecule is COC[C@@H](C)NC(=O)COC(=O)/C(C#N)=C/c1cc(C)n(CCC(C)C)c1C. The topological polar surface area (TPSA) is 93.3 Å². The van der Waals surface area contributed by atoms with Gasteiger partial charge in [-0.2, -0.15) is 5.26 Å². The third-order valence-corrected chi connectivity index (χ3v) is 4.34. The van der Waals surface area contributed by atoms with Crippen molar-refractivity contribution in [2.45, 2.75) is 53.6 Å². The third-order valence-electron chi connectivity index (χ3n) is 4.34. The molecule has 1 N–H and O–H groups in total. The summed E-state index contributed by atoms with van der Waals surface area (Å²) in [5.74, 6) is -0.673. The summed E-state index contributed by atoms with van der Waals surface area (Å²) in [6.45, 7) is 10.9. The Hall–Kier alpha value is -2.59. The van der Waals surface area contributed by atoms with Gasteiger partial charge in [-0.1, -0.05) is 13.8 Å². The Morgan fingerprint density at radius 3 is 2.57 bits per heavy atom. The molecule has 0 spiro atoms. The van der Waals surface area contributed by atoms with Crippen molar-refractivity contribution in [3.8, 4) is 6.07 Å². The first-order valence-corrected chi connectivity index (χ1v) is 9.43. The van der Waals surface area contributed by atoms with Crippen LogP contribution in [0, 0.1) is 31.1 Å². The molecular formula is C21H31N3O4. The van der Waals surface area contributed by atoms with Gasteiger partial charge in [-0.05, 0) is 50.8 Å². The lowest BCUT2D eigenvalue weighted by Crippen LogP contribution is -2.38. The number of amides is 1. The van der Waals surface area contributed by atoms with Crippen LogP contribution in [0.1, 0.15) is 44.1 Å². The highest BCUT2D eigenvalue weighted by Gasteiger charge is 2.16. The molecule has 1 rings (SSSR count). The Balaban J connectivity index is 2.80. The van der Waals surface area contributed by atoms with Crippen molar-refractivity contribution < 1.29 is 19.1 Å². The number of nitrogens with one attached hydrogen (secondary N) is 1. The second kappa shape index (κ2) is 11.3. The van der Waals surface area contributed by atoms with E-state index in [0.29, 0.717) is 12.5 Å². The van der Waals surface area contributed by atoms with E-state index in [1.165, 1.54) is 13.2 Å². The Morgan fingerprint density at radius 1 is 1.32 bits per heavy atom. The molecule has 1 aromatic heterocycles. The summed E-state index contributed by atoms with van der Waals surface area (Å²) in [7, 11) is 1.53. The van der Waals surface area contributed by atoms with Gasteiger partial charge in [-0.25, -0.2) is 4.79 Å². The smallest absolute Gasteiger partial charge is 0.349 e. The molecule has 0 aliphatic carbocycles. The molecule has 1 atom stereocenters. The number of carbonyl (C=O) groups excluding carboxylic acids is 2. The molecule has 0 bridgehead atoms. The van der Waals surface area contributed by atoms with E-state index in [2.05, 4.69) is 23.7 Å². The van der Waals surface area contributed by atoms with Crippen LogP contribution < -0.4 is 5.32 Å². The number of nitrogens with zero attached hydrogens (tertiary/aromatic N) is 2. The van der Waals surface area contributed by atoms with Crippen molar-refractivity contribution in [3.05, 3.63) is 28.6 Å². The van der Waals surface area contributed by atoms with Crippen LogP contribution in [0.4, 0.5) is 0 Å².